The van der Waals surface area contributed by atoms with Gasteiger partial charge in [-0.25, -0.2) is 4.98 Å². The lowest BCUT2D eigenvalue weighted by atomic mass is 9.98. The minimum Gasteiger partial charge on any atom is -0.296 e. The molecule has 0 saturated heterocycles. The second-order valence-corrected chi connectivity index (χ2v) is 5.79. The van der Waals surface area contributed by atoms with Gasteiger partial charge in [0.25, 0.3) is 5.91 Å². The van der Waals surface area contributed by atoms with Gasteiger partial charge in [-0.1, -0.05) is 22.0 Å². The molecule has 0 bridgehead atoms. The van der Waals surface area contributed by atoms with Crippen LogP contribution in [0, 0.1) is 20.8 Å². The van der Waals surface area contributed by atoms with E-state index in [1.54, 1.807) is 18.1 Å². The van der Waals surface area contributed by atoms with Crippen molar-refractivity contribution in [1.82, 2.24) is 4.98 Å². The Bertz CT molecular complexity index is 668. The standard InChI is InChI=1S/C16H17BrN2O/c1-10-5-6-14(12(3)11(10)2)16(20)19(4)15-9-13(17)7-8-18-15/h5-9H,1-4H3. The zero-order chi connectivity index (χ0) is 14.9. The Morgan fingerprint density at radius 2 is 1.85 bits per heavy atom. The van der Waals surface area contributed by atoms with E-state index in [0.29, 0.717) is 5.82 Å². The molecule has 104 valence electrons. The van der Waals surface area contributed by atoms with Crippen molar-refractivity contribution in [2.24, 2.45) is 0 Å². The summed E-state index contributed by atoms with van der Waals surface area (Å²) >= 11 is 3.39. The topological polar surface area (TPSA) is 33.2 Å². The van der Waals surface area contributed by atoms with Crippen LogP contribution >= 0.6 is 15.9 Å². The van der Waals surface area contributed by atoms with Crippen LogP contribution in [0.25, 0.3) is 0 Å². The first-order valence-corrected chi connectivity index (χ1v) is 7.17. The number of carbonyl (C=O) groups is 1. The van der Waals surface area contributed by atoms with Crippen molar-refractivity contribution in [3.8, 4) is 0 Å². The smallest absolute Gasteiger partial charge is 0.259 e. The second-order valence-electron chi connectivity index (χ2n) is 4.88. The number of anilines is 1. The molecule has 1 heterocycles. The van der Waals surface area contributed by atoms with Gasteiger partial charge in [0.2, 0.25) is 0 Å². The number of halogens is 1. The Balaban J connectivity index is 2.39. The highest BCUT2D eigenvalue weighted by Crippen LogP contribution is 2.22. The predicted molar refractivity (Wildman–Crippen MR) is 85.3 cm³/mol. The second kappa shape index (κ2) is 5.75. The number of nitrogens with zero attached hydrogens (tertiary/aromatic N) is 2. The lowest BCUT2D eigenvalue weighted by molar-refractivity contribution is 0.0991. The van der Waals surface area contributed by atoms with E-state index in [0.717, 1.165) is 21.2 Å². The molecule has 1 aromatic carbocycles. The van der Waals surface area contributed by atoms with Crippen molar-refractivity contribution < 1.29 is 4.79 Å². The van der Waals surface area contributed by atoms with Crippen molar-refractivity contribution in [1.29, 1.82) is 0 Å². The van der Waals surface area contributed by atoms with Crippen LogP contribution in [0.3, 0.4) is 0 Å². The highest BCUT2D eigenvalue weighted by Gasteiger charge is 2.18. The first kappa shape index (κ1) is 14.7. The summed E-state index contributed by atoms with van der Waals surface area (Å²) in [6, 6.07) is 7.53. The van der Waals surface area contributed by atoms with Gasteiger partial charge in [0, 0.05) is 23.3 Å². The maximum Gasteiger partial charge on any atom is 0.259 e. The number of benzene rings is 1. The third-order valence-electron chi connectivity index (χ3n) is 3.64. The normalized spacial score (nSPS) is 10.4. The van der Waals surface area contributed by atoms with Gasteiger partial charge in [0.05, 0.1) is 0 Å². The number of hydrogen-bond acceptors (Lipinski definition) is 2. The molecule has 0 radical (unpaired) electrons. The minimum absolute atomic E-state index is 0.0452. The lowest BCUT2D eigenvalue weighted by Crippen LogP contribution is -2.28. The number of aryl methyl sites for hydroxylation is 1. The molecule has 2 aromatic rings. The van der Waals surface area contributed by atoms with Crippen LogP contribution in [0.5, 0.6) is 0 Å². The van der Waals surface area contributed by atoms with Gasteiger partial charge in [-0.3, -0.25) is 9.69 Å². The Morgan fingerprint density at radius 3 is 2.50 bits per heavy atom. The third kappa shape index (κ3) is 2.75. The number of hydrogen-bond donors (Lipinski definition) is 0. The first-order valence-electron chi connectivity index (χ1n) is 6.38. The molecule has 1 aromatic heterocycles. The SMILES string of the molecule is Cc1ccc(C(=O)N(C)c2cc(Br)ccn2)c(C)c1C. The summed E-state index contributed by atoms with van der Waals surface area (Å²) in [5, 5.41) is 0. The van der Waals surface area contributed by atoms with Crippen LogP contribution in [0.15, 0.2) is 34.9 Å². The van der Waals surface area contributed by atoms with E-state index >= 15 is 0 Å². The Kier molecular flexibility index (Phi) is 4.23. The van der Waals surface area contributed by atoms with Crippen molar-refractivity contribution in [3.63, 3.8) is 0 Å². The first-order chi connectivity index (χ1) is 9.41. The number of aromatic nitrogens is 1. The van der Waals surface area contributed by atoms with Gasteiger partial charge < -0.3 is 0 Å². The van der Waals surface area contributed by atoms with Crippen molar-refractivity contribution in [3.05, 3.63) is 57.2 Å². The summed E-state index contributed by atoms with van der Waals surface area (Å²) in [5.74, 6) is 0.582. The van der Waals surface area contributed by atoms with Gasteiger partial charge in [0.1, 0.15) is 5.82 Å². The Morgan fingerprint density at radius 1 is 1.15 bits per heavy atom. The zero-order valence-corrected chi connectivity index (χ0v) is 13.7. The van der Waals surface area contributed by atoms with Crippen LogP contribution in [0.4, 0.5) is 5.82 Å². The molecule has 0 fully saturated rings. The van der Waals surface area contributed by atoms with E-state index in [-0.39, 0.29) is 5.91 Å². The maximum atomic E-state index is 12.6. The van der Waals surface area contributed by atoms with Gasteiger partial charge in [-0.2, -0.15) is 0 Å². The molecule has 0 N–H and O–H groups in total. The highest BCUT2D eigenvalue weighted by molar-refractivity contribution is 9.10. The van der Waals surface area contributed by atoms with E-state index in [2.05, 4.69) is 27.8 Å². The molecule has 3 nitrogen and oxygen atoms in total. The Labute approximate surface area is 127 Å². The monoisotopic (exact) mass is 332 g/mol. The minimum atomic E-state index is -0.0452. The summed E-state index contributed by atoms with van der Waals surface area (Å²) in [4.78, 5) is 18.4. The van der Waals surface area contributed by atoms with Crippen LogP contribution in [0.2, 0.25) is 0 Å². The molecular weight excluding hydrogens is 316 g/mol. The summed E-state index contributed by atoms with van der Waals surface area (Å²) in [7, 11) is 1.74. The average molecular weight is 333 g/mol. The molecule has 0 atom stereocenters. The molecule has 1 amide bonds. The van der Waals surface area contributed by atoms with Crippen molar-refractivity contribution in [2.75, 3.05) is 11.9 Å². The van der Waals surface area contributed by atoms with Crippen LogP contribution in [-0.2, 0) is 0 Å². The number of rotatable bonds is 2. The molecule has 0 aliphatic carbocycles. The van der Waals surface area contributed by atoms with Crippen molar-refractivity contribution >= 4 is 27.7 Å². The molecule has 0 saturated carbocycles. The predicted octanol–water partition coefficient (Wildman–Crippen LogP) is 4.05. The number of carbonyl (C=O) groups excluding carboxylic acids is 1. The fourth-order valence-corrected chi connectivity index (χ4v) is 2.37. The lowest BCUT2D eigenvalue weighted by Gasteiger charge is -2.19. The van der Waals surface area contributed by atoms with Crippen molar-refractivity contribution in [2.45, 2.75) is 20.8 Å². The average Bonchev–Trinajstić information content (AvgIpc) is 2.43. The van der Waals surface area contributed by atoms with E-state index in [1.807, 2.05) is 38.1 Å². The maximum absolute atomic E-state index is 12.6. The van der Waals surface area contributed by atoms with Gasteiger partial charge in [-0.05, 0) is 55.7 Å². The molecule has 4 heteroatoms. The van der Waals surface area contributed by atoms with Gasteiger partial charge in [0.15, 0.2) is 0 Å². The summed E-state index contributed by atoms with van der Waals surface area (Å²) in [5.41, 5.74) is 4.10. The molecule has 20 heavy (non-hydrogen) atoms. The summed E-state index contributed by atoms with van der Waals surface area (Å²) in [6.07, 6.45) is 1.68. The largest absolute Gasteiger partial charge is 0.296 e. The van der Waals surface area contributed by atoms with Crippen LogP contribution < -0.4 is 4.90 Å². The quantitative estimate of drug-likeness (QED) is 0.831. The molecule has 0 aliphatic heterocycles. The zero-order valence-electron chi connectivity index (χ0n) is 12.1. The molecule has 2 rings (SSSR count). The molecule has 0 unspecified atom stereocenters. The number of pyridine rings is 1. The molecule has 0 aliphatic rings. The third-order valence-corrected chi connectivity index (χ3v) is 4.14. The summed E-state index contributed by atoms with van der Waals surface area (Å²) in [6.45, 7) is 6.08. The van der Waals surface area contributed by atoms with E-state index < -0.39 is 0 Å². The Hall–Kier alpha value is -1.68. The fourth-order valence-electron chi connectivity index (χ4n) is 2.05. The van der Waals surface area contributed by atoms with E-state index in [9.17, 15) is 4.79 Å². The highest BCUT2D eigenvalue weighted by atomic mass is 79.9. The fraction of sp³-hybridized carbons (Fsp3) is 0.250. The van der Waals surface area contributed by atoms with Crippen LogP contribution in [0.1, 0.15) is 27.0 Å². The van der Waals surface area contributed by atoms with E-state index in [4.69, 9.17) is 0 Å². The summed E-state index contributed by atoms with van der Waals surface area (Å²) < 4.78 is 0.902. The molecule has 0 spiro atoms. The van der Waals surface area contributed by atoms with Crippen LogP contribution in [-0.4, -0.2) is 17.9 Å². The molecular formula is C16H17BrN2O. The van der Waals surface area contributed by atoms with Gasteiger partial charge >= 0.3 is 0 Å². The van der Waals surface area contributed by atoms with Gasteiger partial charge in [-0.15, -0.1) is 0 Å². The number of amides is 1. The van der Waals surface area contributed by atoms with E-state index in [1.165, 1.54) is 5.56 Å².